The smallest absolute Gasteiger partial charge is 0.253 e. The SMILES string of the molecule is Cc1cc(C(=O)N2CC[C@H](O)C2)ccc1O. The molecule has 1 aromatic rings. The summed E-state index contributed by atoms with van der Waals surface area (Å²) < 4.78 is 0. The highest BCUT2D eigenvalue weighted by Crippen LogP contribution is 2.19. The molecule has 0 aliphatic carbocycles. The molecule has 2 rings (SSSR count). The van der Waals surface area contributed by atoms with Crippen molar-refractivity contribution in [3.63, 3.8) is 0 Å². The first-order valence-electron chi connectivity index (χ1n) is 5.35. The van der Waals surface area contributed by atoms with Gasteiger partial charge in [0.1, 0.15) is 5.75 Å². The van der Waals surface area contributed by atoms with Crippen LogP contribution in [0.15, 0.2) is 18.2 Å². The molecule has 1 heterocycles. The van der Waals surface area contributed by atoms with Gasteiger partial charge in [-0.2, -0.15) is 0 Å². The van der Waals surface area contributed by atoms with Gasteiger partial charge in [-0.05, 0) is 37.1 Å². The number of hydrogen-bond donors (Lipinski definition) is 2. The van der Waals surface area contributed by atoms with Crippen molar-refractivity contribution in [2.24, 2.45) is 0 Å². The summed E-state index contributed by atoms with van der Waals surface area (Å²) in [6.07, 6.45) is 0.241. The number of phenols is 1. The van der Waals surface area contributed by atoms with Crippen LogP contribution in [0.5, 0.6) is 5.75 Å². The van der Waals surface area contributed by atoms with E-state index in [-0.39, 0.29) is 11.7 Å². The number of aromatic hydroxyl groups is 1. The quantitative estimate of drug-likeness (QED) is 0.741. The zero-order chi connectivity index (χ0) is 11.7. The van der Waals surface area contributed by atoms with E-state index < -0.39 is 6.10 Å². The Kier molecular flexibility index (Phi) is 2.83. The Morgan fingerprint density at radius 3 is 2.81 bits per heavy atom. The van der Waals surface area contributed by atoms with E-state index >= 15 is 0 Å². The van der Waals surface area contributed by atoms with Crippen molar-refractivity contribution in [3.05, 3.63) is 29.3 Å². The molecule has 1 amide bonds. The lowest BCUT2D eigenvalue weighted by atomic mass is 10.1. The molecule has 1 saturated heterocycles. The largest absolute Gasteiger partial charge is 0.508 e. The molecule has 0 unspecified atom stereocenters. The molecular formula is C12H15NO3. The number of aryl methyl sites for hydroxylation is 1. The number of rotatable bonds is 1. The van der Waals surface area contributed by atoms with Crippen LogP contribution < -0.4 is 0 Å². The number of β-amino-alcohol motifs (C(OH)–C–C–N with tert-alkyl or cyclic N) is 1. The number of aliphatic hydroxyl groups excluding tert-OH is 1. The van der Waals surface area contributed by atoms with Crippen molar-refractivity contribution >= 4 is 5.91 Å². The van der Waals surface area contributed by atoms with E-state index in [0.717, 1.165) is 0 Å². The second-order valence-electron chi connectivity index (χ2n) is 4.19. The monoisotopic (exact) mass is 221 g/mol. The summed E-state index contributed by atoms with van der Waals surface area (Å²) in [5.74, 6) is 0.109. The number of amides is 1. The molecule has 0 saturated carbocycles. The van der Waals surface area contributed by atoms with Crippen molar-refractivity contribution < 1.29 is 15.0 Å². The Morgan fingerprint density at radius 1 is 1.50 bits per heavy atom. The van der Waals surface area contributed by atoms with Gasteiger partial charge in [-0.3, -0.25) is 4.79 Å². The van der Waals surface area contributed by atoms with Crippen LogP contribution in [0, 0.1) is 6.92 Å². The first-order valence-corrected chi connectivity index (χ1v) is 5.35. The Hall–Kier alpha value is -1.55. The van der Waals surface area contributed by atoms with E-state index in [0.29, 0.717) is 30.6 Å². The summed E-state index contributed by atoms with van der Waals surface area (Å²) in [7, 11) is 0. The lowest BCUT2D eigenvalue weighted by molar-refractivity contribution is 0.0765. The van der Waals surface area contributed by atoms with Crippen LogP contribution in [0.2, 0.25) is 0 Å². The number of hydrogen-bond acceptors (Lipinski definition) is 3. The molecule has 0 aromatic heterocycles. The Morgan fingerprint density at radius 2 is 2.25 bits per heavy atom. The molecule has 1 aromatic carbocycles. The fraction of sp³-hybridized carbons (Fsp3) is 0.417. The number of nitrogens with zero attached hydrogens (tertiary/aromatic N) is 1. The molecule has 1 fully saturated rings. The number of phenolic OH excluding ortho intramolecular Hbond substituents is 1. The van der Waals surface area contributed by atoms with Gasteiger partial charge in [-0.1, -0.05) is 0 Å². The van der Waals surface area contributed by atoms with Crippen LogP contribution >= 0.6 is 0 Å². The van der Waals surface area contributed by atoms with Gasteiger partial charge in [0.05, 0.1) is 6.10 Å². The zero-order valence-corrected chi connectivity index (χ0v) is 9.18. The molecule has 86 valence electrons. The van der Waals surface area contributed by atoms with Gasteiger partial charge in [-0.25, -0.2) is 0 Å². The second kappa shape index (κ2) is 4.14. The predicted octanol–water partition coefficient (Wildman–Crippen LogP) is 0.907. The van der Waals surface area contributed by atoms with Crippen LogP contribution in [-0.2, 0) is 0 Å². The second-order valence-corrected chi connectivity index (χ2v) is 4.19. The number of aliphatic hydroxyl groups is 1. The highest BCUT2D eigenvalue weighted by Gasteiger charge is 2.25. The minimum absolute atomic E-state index is 0.0837. The molecule has 1 atom stereocenters. The molecule has 1 aliphatic heterocycles. The van der Waals surface area contributed by atoms with Gasteiger partial charge in [0.2, 0.25) is 0 Å². The number of likely N-dealkylation sites (tertiary alicyclic amines) is 1. The van der Waals surface area contributed by atoms with Crippen LogP contribution in [-0.4, -0.2) is 40.2 Å². The first-order chi connectivity index (χ1) is 7.58. The maximum Gasteiger partial charge on any atom is 0.253 e. The van der Waals surface area contributed by atoms with E-state index in [4.69, 9.17) is 0 Å². The van der Waals surface area contributed by atoms with Gasteiger partial charge in [0, 0.05) is 18.7 Å². The maximum atomic E-state index is 12.0. The van der Waals surface area contributed by atoms with E-state index in [1.54, 1.807) is 24.0 Å². The Balaban J connectivity index is 2.18. The molecule has 1 aliphatic rings. The van der Waals surface area contributed by atoms with E-state index in [1.807, 2.05) is 0 Å². The van der Waals surface area contributed by atoms with Crippen molar-refractivity contribution in [1.82, 2.24) is 4.90 Å². The normalized spacial score (nSPS) is 20.1. The van der Waals surface area contributed by atoms with Crippen LogP contribution in [0.4, 0.5) is 0 Å². The van der Waals surface area contributed by atoms with Gasteiger partial charge >= 0.3 is 0 Å². The third-order valence-corrected chi connectivity index (χ3v) is 2.89. The van der Waals surface area contributed by atoms with Crippen LogP contribution in [0.3, 0.4) is 0 Å². The minimum Gasteiger partial charge on any atom is -0.508 e. The van der Waals surface area contributed by atoms with Crippen LogP contribution in [0.1, 0.15) is 22.3 Å². The fourth-order valence-corrected chi connectivity index (χ4v) is 1.90. The maximum absolute atomic E-state index is 12.0. The van der Waals surface area contributed by atoms with E-state index in [1.165, 1.54) is 6.07 Å². The van der Waals surface area contributed by atoms with Crippen LogP contribution in [0.25, 0.3) is 0 Å². The van der Waals surface area contributed by atoms with Crippen molar-refractivity contribution in [1.29, 1.82) is 0 Å². The average Bonchev–Trinajstić information content (AvgIpc) is 2.68. The highest BCUT2D eigenvalue weighted by atomic mass is 16.3. The van der Waals surface area contributed by atoms with Gasteiger partial charge in [0.25, 0.3) is 5.91 Å². The number of benzene rings is 1. The van der Waals surface area contributed by atoms with Gasteiger partial charge in [0.15, 0.2) is 0 Å². The summed E-state index contributed by atoms with van der Waals surface area (Å²) in [6.45, 7) is 2.75. The summed E-state index contributed by atoms with van der Waals surface area (Å²) in [5, 5.41) is 18.7. The molecule has 2 N–H and O–H groups in total. The number of carbonyl (C=O) groups is 1. The summed E-state index contributed by atoms with van der Waals surface area (Å²) in [6, 6.07) is 4.80. The molecule has 0 radical (unpaired) electrons. The minimum atomic E-state index is -0.401. The van der Waals surface area contributed by atoms with Gasteiger partial charge in [-0.15, -0.1) is 0 Å². The fourth-order valence-electron chi connectivity index (χ4n) is 1.90. The molecule has 0 spiro atoms. The molecule has 0 bridgehead atoms. The topological polar surface area (TPSA) is 60.8 Å². The molecule has 16 heavy (non-hydrogen) atoms. The summed E-state index contributed by atoms with van der Waals surface area (Å²) >= 11 is 0. The van der Waals surface area contributed by atoms with Gasteiger partial charge < -0.3 is 15.1 Å². The third-order valence-electron chi connectivity index (χ3n) is 2.89. The standard InChI is InChI=1S/C12H15NO3/c1-8-6-9(2-3-11(8)15)12(16)13-5-4-10(14)7-13/h2-3,6,10,14-15H,4-5,7H2,1H3/t10-/m0/s1. The lowest BCUT2D eigenvalue weighted by Crippen LogP contribution is -2.29. The summed E-state index contributed by atoms with van der Waals surface area (Å²) in [4.78, 5) is 13.6. The third kappa shape index (κ3) is 2.02. The van der Waals surface area contributed by atoms with E-state index in [2.05, 4.69) is 0 Å². The van der Waals surface area contributed by atoms with E-state index in [9.17, 15) is 15.0 Å². The van der Waals surface area contributed by atoms with Crippen molar-refractivity contribution in [2.45, 2.75) is 19.4 Å². The molecule has 4 heteroatoms. The number of carbonyl (C=O) groups excluding carboxylic acids is 1. The highest BCUT2D eigenvalue weighted by molar-refractivity contribution is 5.94. The molecular weight excluding hydrogens is 206 g/mol. The molecule has 4 nitrogen and oxygen atoms in total. The van der Waals surface area contributed by atoms with Crippen molar-refractivity contribution in [3.8, 4) is 5.75 Å². The lowest BCUT2D eigenvalue weighted by Gasteiger charge is -2.15. The summed E-state index contributed by atoms with van der Waals surface area (Å²) in [5.41, 5.74) is 1.25. The Bertz CT molecular complexity index is 417. The van der Waals surface area contributed by atoms with Crippen molar-refractivity contribution in [2.75, 3.05) is 13.1 Å². The average molecular weight is 221 g/mol. The predicted molar refractivity (Wildman–Crippen MR) is 59.4 cm³/mol. The zero-order valence-electron chi connectivity index (χ0n) is 9.18. The Labute approximate surface area is 94.1 Å². The first kappa shape index (κ1) is 11.0.